The van der Waals surface area contributed by atoms with Crippen LogP contribution in [0.5, 0.6) is 0 Å². The topological polar surface area (TPSA) is 78.3 Å². The first kappa shape index (κ1) is 21.6. The molecular formula is C17H34N4O2. The highest BCUT2D eigenvalue weighted by Crippen LogP contribution is 2.12. The van der Waals surface area contributed by atoms with E-state index in [9.17, 15) is 4.79 Å². The summed E-state index contributed by atoms with van der Waals surface area (Å²) < 4.78 is 5.48. The molecule has 1 amide bonds. The van der Waals surface area contributed by atoms with E-state index in [0.717, 1.165) is 64.5 Å². The molecule has 6 heteroatoms. The van der Waals surface area contributed by atoms with Gasteiger partial charge in [-0.2, -0.15) is 0 Å². The Hall–Kier alpha value is -1.42. The Bertz CT molecular complexity index is 360. The monoisotopic (exact) mass is 326 g/mol. The molecule has 0 saturated carbocycles. The number of ether oxygens (including phenoxy) is 1. The minimum absolute atomic E-state index is 0.194. The summed E-state index contributed by atoms with van der Waals surface area (Å²) in [6.45, 7) is 9.98. The van der Waals surface area contributed by atoms with E-state index in [-0.39, 0.29) is 6.09 Å². The Morgan fingerprint density at radius 3 is 2.17 bits per heavy atom. The number of nitrogens with zero attached hydrogens (tertiary/aromatic N) is 4. The Balaban J connectivity index is 3.92. The fraction of sp³-hybridized carbons (Fsp3) is 0.941. The third-order valence-electron chi connectivity index (χ3n) is 3.43. The molecule has 0 spiro atoms. The van der Waals surface area contributed by atoms with Crippen LogP contribution in [0.25, 0.3) is 10.4 Å². The Morgan fingerprint density at radius 2 is 1.61 bits per heavy atom. The summed E-state index contributed by atoms with van der Waals surface area (Å²) in [7, 11) is 0. The van der Waals surface area contributed by atoms with E-state index < -0.39 is 5.60 Å². The summed E-state index contributed by atoms with van der Waals surface area (Å²) in [5, 5.41) is 3.53. The number of carbonyl (C=O) groups is 1. The molecule has 6 nitrogen and oxygen atoms in total. The molecule has 0 heterocycles. The predicted octanol–water partition coefficient (Wildman–Crippen LogP) is 5.67. The van der Waals surface area contributed by atoms with Gasteiger partial charge in [0.15, 0.2) is 0 Å². The third kappa shape index (κ3) is 13.9. The maximum atomic E-state index is 12.2. The van der Waals surface area contributed by atoms with Crippen LogP contribution in [0.2, 0.25) is 0 Å². The van der Waals surface area contributed by atoms with Crippen LogP contribution in [-0.4, -0.2) is 36.2 Å². The lowest BCUT2D eigenvalue weighted by atomic mass is 10.1. The van der Waals surface area contributed by atoms with Crippen LogP contribution < -0.4 is 0 Å². The van der Waals surface area contributed by atoms with E-state index in [4.69, 9.17) is 10.3 Å². The average Bonchev–Trinajstić information content (AvgIpc) is 2.46. The van der Waals surface area contributed by atoms with Gasteiger partial charge < -0.3 is 9.64 Å². The number of rotatable bonds is 12. The highest BCUT2D eigenvalue weighted by atomic mass is 16.6. The second-order valence-corrected chi connectivity index (χ2v) is 6.90. The molecule has 0 aromatic rings. The van der Waals surface area contributed by atoms with Gasteiger partial charge in [-0.15, -0.1) is 0 Å². The summed E-state index contributed by atoms with van der Waals surface area (Å²) in [4.78, 5) is 16.8. The molecule has 0 unspecified atom stereocenters. The minimum atomic E-state index is -0.437. The summed E-state index contributed by atoms with van der Waals surface area (Å²) in [6, 6.07) is 0. The van der Waals surface area contributed by atoms with Crippen molar-refractivity contribution in [2.24, 2.45) is 5.11 Å². The molecule has 0 aliphatic carbocycles. The van der Waals surface area contributed by atoms with E-state index in [2.05, 4.69) is 16.9 Å². The first-order valence-electron chi connectivity index (χ1n) is 8.89. The van der Waals surface area contributed by atoms with Gasteiger partial charge in [-0.3, -0.25) is 0 Å². The number of azide groups is 1. The largest absolute Gasteiger partial charge is 0.444 e. The van der Waals surface area contributed by atoms with Crippen LogP contribution in [0.3, 0.4) is 0 Å². The van der Waals surface area contributed by atoms with E-state index in [0.29, 0.717) is 6.54 Å². The molecule has 0 aliphatic heterocycles. The van der Waals surface area contributed by atoms with Gasteiger partial charge in [0.1, 0.15) is 5.60 Å². The van der Waals surface area contributed by atoms with Crippen molar-refractivity contribution in [3.8, 4) is 0 Å². The highest BCUT2D eigenvalue weighted by Gasteiger charge is 2.21. The zero-order valence-corrected chi connectivity index (χ0v) is 15.4. The van der Waals surface area contributed by atoms with Gasteiger partial charge in [0.25, 0.3) is 0 Å². The van der Waals surface area contributed by atoms with E-state index in [1.54, 1.807) is 0 Å². The Morgan fingerprint density at radius 1 is 1.04 bits per heavy atom. The first-order chi connectivity index (χ1) is 10.9. The number of amides is 1. The van der Waals surface area contributed by atoms with Crippen molar-refractivity contribution in [1.82, 2.24) is 4.90 Å². The fourth-order valence-electron chi connectivity index (χ4n) is 2.21. The van der Waals surface area contributed by atoms with Gasteiger partial charge in [0.05, 0.1) is 0 Å². The lowest BCUT2D eigenvalue weighted by molar-refractivity contribution is 0.0244. The van der Waals surface area contributed by atoms with Crippen molar-refractivity contribution in [1.29, 1.82) is 0 Å². The number of hydrogen-bond donors (Lipinski definition) is 0. The maximum absolute atomic E-state index is 12.2. The number of hydrogen-bond acceptors (Lipinski definition) is 3. The lowest BCUT2D eigenvalue weighted by Gasteiger charge is -2.27. The molecule has 0 atom stereocenters. The van der Waals surface area contributed by atoms with Crippen LogP contribution in [-0.2, 0) is 4.74 Å². The fourth-order valence-corrected chi connectivity index (χ4v) is 2.21. The number of unbranched alkanes of at least 4 members (excludes halogenated alkanes) is 6. The van der Waals surface area contributed by atoms with Gasteiger partial charge in [-0.25, -0.2) is 4.79 Å². The summed E-state index contributed by atoms with van der Waals surface area (Å²) >= 11 is 0. The quantitative estimate of drug-likeness (QED) is 0.200. The molecule has 0 saturated heterocycles. The second-order valence-electron chi connectivity index (χ2n) is 6.90. The molecule has 134 valence electrons. The molecule has 0 aromatic heterocycles. The Labute approximate surface area is 141 Å². The summed E-state index contributed by atoms with van der Waals surface area (Å²) in [5.41, 5.74) is 7.75. The molecule has 0 rings (SSSR count). The van der Waals surface area contributed by atoms with Crippen molar-refractivity contribution in [2.75, 3.05) is 19.6 Å². The minimum Gasteiger partial charge on any atom is -0.444 e. The molecule has 0 fully saturated rings. The van der Waals surface area contributed by atoms with E-state index in [1.807, 2.05) is 25.7 Å². The van der Waals surface area contributed by atoms with Crippen molar-refractivity contribution in [3.05, 3.63) is 10.4 Å². The van der Waals surface area contributed by atoms with Crippen LogP contribution in [0.4, 0.5) is 4.79 Å². The average molecular weight is 326 g/mol. The van der Waals surface area contributed by atoms with Gasteiger partial charge in [0.2, 0.25) is 0 Å². The predicted molar refractivity (Wildman–Crippen MR) is 94.4 cm³/mol. The molecular weight excluding hydrogens is 292 g/mol. The summed E-state index contributed by atoms with van der Waals surface area (Å²) in [5.74, 6) is 0. The lowest BCUT2D eigenvalue weighted by Crippen LogP contribution is -2.38. The van der Waals surface area contributed by atoms with Crippen LogP contribution in [0.15, 0.2) is 5.11 Å². The zero-order valence-electron chi connectivity index (χ0n) is 15.4. The highest BCUT2D eigenvalue weighted by molar-refractivity contribution is 5.68. The maximum Gasteiger partial charge on any atom is 0.410 e. The summed E-state index contributed by atoms with van der Waals surface area (Å²) in [6.07, 6.45) is 8.40. The second kappa shape index (κ2) is 13.1. The third-order valence-corrected chi connectivity index (χ3v) is 3.43. The molecule has 0 N–H and O–H groups in total. The van der Waals surface area contributed by atoms with Gasteiger partial charge in [-0.05, 0) is 45.6 Å². The normalized spacial score (nSPS) is 11.0. The van der Waals surface area contributed by atoms with Crippen molar-refractivity contribution in [3.63, 3.8) is 0 Å². The van der Waals surface area contributed by atoms with Crippen molar-refractivity contribution >= 4 is 6.09 Å². The van der Waals surface area contributed by atoms with Gasteiger partial charge in [-0.1, -0.05) is 44.1 Å². The zero-order chi connectivity index (χ0) is 17.6. The smallest absolute Gasteiger partial charge is 0.410 e. The molecule has 0 aromatic carbocycles. The standard InChI is InChI=1S/C17H34N4O2/c1-5-6-14-21(16(22)23-17(2,3)4)15-12-10-8-7-9-11-13-19-20-18/h5-15H2,1-4H3. The van der Waals surface area contributed by atoms with Crippen LogP contribution >= 0.6 is 0 Å². The van der Waals surface area contributed by atoms with E-state index >= 15 is 0 Å². The van der Waals surface area contributed by atoms with Crippen molar-refractivity contribution < 1.29 is 9.53 Å². The number of carbonyl (C=O) groups excluding carboxylic acids is 1. The van der Waals surface area contributed by atoms with Crippen LogP contribution in [0, 0.1) is 0 Å². The SMILES string of the molecule is CCCCN(CCCCCCCCN=[N+]=[N-])C(=O)OC(C)(C)C. The van der Waals surface area contributed by atoms with Gasteiger partial charge in [0, 0.05) is 24.5 Å². The molecule has 0 aliphatic rings. The Kier molecular flexibility index (Phi) is 12.3. The van der Waals surface area contributed by atoms with Gasteiger partial charge >= 0.3 is 6.09 Å². The molecule has 0 radical (unpaired) electrons. The van der Waals surface area contributed by atoms with Crippen LogP contribution in [0.1, 0.15) is 79.1 Å². The van der Waals surface area contributed by atoms with E-state index in [1.165, 1.54) is 0 Å². The molecule has 0 bridgehead atoms. The van der Waals surface area contributed by atoms with Crippen molar-refractivity contribution in [2.45, 2.75) is 84.7 Å². The first-order valence-corrected chi connectivity index (χ1v) is 8.89. The molecule has 23 heavy (non-hydrogen) atoms.